The number of anilines is 2. The van der Waals surface area contributed by atoms with Crippen LogP contribution in [0.4, 0.5) is 25.8 Å². The SMILES string of the molecule is C=C1C[C@@H](CC)N(C(=O)c2cc(OC)c(OCCCCCOc3cc(NC(=O)OCc4ccc(CC(=O)[C@H](CCCNC(N)=O)NC(=O)[C@@H](C)C(C)C)cc4)c(C(=O)N4CC(=C)C[C@H]4CO[Si](C)(C)C(C)(C)C)cc3OC)cc2NC(=O)OCC2(SSCCC)CCCC2)C1. The highest BCUT2D eigenvalue weighted by molar-refractivity contribution is 8.77. The minimum absolute atomic E-state index is 0.0258. The molecular weight excluding hydrogens is 1270 g/mol. The zero-order valence-electron chi connectivity index (χ0n) is 58.2. The van der Waals surface area contributed by atoms with E-state index < -0.39 is 32.6 Å². The van der Waals surface area contributed by atoms with Crippen molar-refractivity contribution < 1.29 is 66.4 Å². The van der Waals surface area contributed by atoms with Crippen molar-refractivity contribution in [3.05, 3.63) is 95.1 Å². The zero-order chi connectivity index (χ0) is 69.6. The minimum Gasteiger partial charge on any atom is -0.493 e. The van der Waals surface area contributed by atoms with Crippen LogP contribution in [0.1, 0.15) is 171 Å². The van der Waals surface area contributed by atoms with E-state index in [-0.39, 0.29) is 131 Å². The van der Waals surface area contributed by atoms with Gasteiger partial charge in [-0.05, 0) is 118 Å². The highest BCUT2D eigenvalue weighted by atomic mass is 33.1. The number of nitrogens with one attached hydrogen (secondary N) is 4. The molecule has 1 aliphatic carbocycles. The van der Waals surface area contributed by atoms with E-state index in [4.69, 9.17) is 38.6 Å². The summed E-state index contributed by atoms with van der Waals surface area (Å²) in [7, 11) is 4.41. The molecule has 2 saturated heterocycles. The first-order valence-electron chi connectivity index (χ1n) is 33.5. The molecule has 6 N–H and O–H groups in total. The van der Waals surface area contributed by atoms with Crippen molar-refractivity contribution in [1.29, 1.82) is 0 Å². The molecule has 24 heteroatoms. The van der Waals surface area contributed by atoms with E-state index in [0.717, 1.165) is 55.4 Å². The van der Waals surface area contributed by atoms with Gasteiger partial charge in [0.25, 0.3) is 11.8 Å². The van der Waals surface area contributed by atoms with Crippen LogP contribution in [-0.4, -0.2) is 149 Å². The Labute approximate surface area is 572 Å². The number of ether oxygens (including phenoxy) is 6. The monoisotopic (exact) mass is 1370 g/mol. The molecule has 0 aromatic heterocycles. The lowest BCUT2D eigenvalue weighted by Gasteiger charge is -2.38. The largest absolute Gasteiger partial charge is 0.493 e. The van der Waals surface area contributed by atoms with Gasteiger partial charge < -0.3 is 59.0 Å². The molecule has 0 bridgehead atoms. The van der Waals surface area contributed by atoms with Gasteiger partial charge in [-0.15, -0.1) is 0 Å². The van der Waals surface area contributed by atoms with Crippen LogP contribution in [0.25, 0.3) is 0 Å². The quantitative estimate of drug-likeness (QED) is 0.0157. The number of likely N-dealkylation sites (tertiary alicyclic amines) is 2. The van der Waals surface area contributed by atoms with Crippen molar-refractivity contribution in [3.63, 3.8) is 0 Å². The lowest BCUT2D eigenvalue weighted by molar-refractivity contribution is -0.130. The van der Waals surface area contributed by atoms with E-state index in [9.17, 15) is 33.6 Å². The van der Waals surface area contributed by atoms with Gasteiger partial charge >= 0.3 is 18.2 Å². The second kappa shape index (κ2) is 36.5. The molecule has 0 spiro atoms. The molecule has 2 heterocycles. The summed E-state index contributed by atoms with van der Waals surface area (Å²) in [6.45, 7) is 31.0. The number of unbranched alkanes of at least 4 members (excludes halogenated alkanes) is 2. The number of nitrogens with zero attached hydrogens (tertiary/aromatic N) is 2. The highest BCUT2D eigenvalue weighted by Gasteiger charge is 2.41. The van der Waals surface area contributed by atoms with Crippen LogP contribution in [0.15, 0.2) is 72.8 Å². The van der Waals surface area contributed by atoms with Gasteiger partial charge in [0.2, 0.25) is 5.91 Å². The first-order chi connectivity index (χ1) is 45.1. The van der Waals surface area contributed by atoms with Crippen LogP contribution < -0.4 is 45.9 Å². The number of primary amides is 1. The van der Waals surface area contributed by atoms with Crippen LogP contribution in [0.5, 0.6) is 23.0 Å². The van der Waals surface area contributed by atoms with Gasteiger partial charge in [-0.2, -0.15) is 0 Å². The summed E-state index contributed by atoms with van der Waals surface area (Å²) in [6, 6.07) is 11.6. The van der Waals surface area contributed by atoms with Crippen molar-refractivity contribution >= 4 is 83.0 Å². The Morgan fingerprint density at radius 1 is 0.737 bits per heavy atom. The molecule has 3 fully saturated rings. The van der Waals surface area contributed by atoms with Crippen LogP contribution in [0.3, 0.4) is 0 Å². The third-order valence-electron chi connectivity index (χ3n) is 18.4. The summed E-state index contributed by atoms with van der Waals surface area (Å²) in [5.74, 6) is 0.924. The fourth-order valence-electron chi connectivity index (χ4n) is 11.2. The lowest BCUT2D eigenvalue weighted by Crippen LogP contribution is -2.46. The van der Waals surface area contributed by atoms with E-state index >= 15 is 0 Å². The number of ketones is 1. The summed E-state index contributed by atoms with van der Waals surface area (Å²) in [5.41, 5.74) is 9.16. The molecule has 3 aromatic carbocycles. The summed E-state index contributed by atoms with van der Waals surface area (Å²) >= 11 is 0. The van der Waals surface area contributed by atoms with Gasteiger partial charge in [0, 0.05) is 55.9 Å². The average molecular weight is 1370 g/mol. The summed E-state index contributed by atoms with van der Waals surface area (Å²) < 4.78 is 42.5. The van der Waals surface area contributed by atoms with Crippen molar-refractivity contribution in [1.82, 2.24) is 20.4 Å². The van der Waals surface area contributed by atoms with Crippen LogP contribution in [-0.2, 0) is 36.5 Å². The Balaban J connectivity index is 1.14. The Bertz CT molecular complexity index is 3150. The van der Waals surface area contributed by atoms with Gasteiger partial charge in [-0.25, -0.2) is 14.4 Å². The predicted octanol–water partition coefficient (Wildman–Crippen LogP) is 14.0. The third kappa shape index (κ3) is 22.6. The maximum absolute atomic E-state index is 14.9. The molecule has 95 heavy (non-hydrogen) atoms. The van der Waals surface area contributed by atoms with Crippen molar-refractivity contribution in [2.24, 2.45) is 17.6 Å². The van der Waals surface area contributed by atoms with E-state index in [2.05, 4.69) is 75.2 Å². The number of methoxy groups -OCH3 is 2. The Hall–Kier alpha value is -6.89. The summed E-state index contributed by atoms with van der Waals surface area (Å²) in [5, 5.41) is 11.1. The lowest BCUT2D eigenvalue weighted by atomic mass is 9.95. The molecular formula is C71H105N7O14S2Si. The number of Topliss-reactive ketones (excluding diaryl/α,β-unsaturated/α-hetero) is 1. The van der Waals surface area contributed by atoms with E-state index in [1.165, 1.54) is 14.2 Å². The normalized spacial score (nSPS) is 16.9. The molecule has 4 atom stereocenters. The van der Waals surface area contributed by atoms with Crippen molar-refractivity contribution in [2.75, 3.05) is 76.7 Å². The van der Waals surface area contributed by atoms with Crippen molar-refractivity contribution in [2.45, 2.75) is 193 Å². The third-order valence-corrected chi connectivity index (χ3v) is 26.3. The fourth-order valence-corrected chi connectivity index (χ4v) is 15.5. The second-order valence-corrected chi connectivity index (χ2v) is 34.8. The Morgan fingerprint density at radius 3 is 1.79 bits per heavy atom. The van der Waals surface area contributed by atoms with E-state index in [1.54, 1.807) is 58.3 Å². The molecule has 1 saturated carbocycles. The fraction of sp³-hybridized carbons (Fsp3) is 0.592. The number of hydrogen-bond acceptors (Lipinski definition) is 16. The maximum atomic E-state index is 14.9. The number of urea groups is 1. The number of carbonyl (C=O) groups is 7. The predicted molar refractivity (Wildman–Crippen MR) is 380 cm³/mol. The molecule has 2 aliphatic heterocycles. The van der Waals surface area contributed by atoms with Gasteiger partial charge in [0.05, 0.1) is 73.4 Å². The zero-order valence-corrected chi connectivity index (χ0v) is 60.8. The molecule has 0 unspecified atom stereocenters. The molecule has 524 valence electrons. The molecule has 21 nitrogen and oxygen atoms in total. The topological polar surface area (TPSA) is 265 Å². The molecule has 7 amide bonds. The first-order valence-corrected chi connectivity index (χ1v) is 38.8. The first kappa shape index (κ1) is 77.1. The average Bonchev–Trinajstić information content (AvgIpc) is 1.79. The van der Waals surface area contributed by atoms with Crippen LogP contribution >= 0.6 is 21.6 Å². The van der Waals surface area contributed by atoms with Crippen LogP contribution in [0.2, 0.25) is 18.1 Å². The number of carbonyl (C=O) groups excluding carboxylic acids is 7. The van der Waals surface area contributed by atoms with Gasteiger partial charge in [0.15, 0.2) is 37.1 Å². The highest BCUT2D eigenvalue weighted by Crippen LogP contribution is 2.48. The molecule has 6 rings (SSSR count). The maximum Gasteiger partial charge on any atom is 0.411 e. The molecule has 3 aromatic rings. The number of rotatable bonds is 36. The van der Waals surface area contributed by atoms with E-state index in [0.29, 0.717) is 87.3 Å². The Morgan fingerprint density at radius 2 is 1.27 bits per heavy atom. The van der Waals surface area contributed by atoms with Gasteiger partial charge in [-0.1, -0.05) is 138 Å². The van der Waals surface area contributed by atoms with Crippen molar-refractivity contribution in [3.8, 4) is 23.0 Å². The number of nitrogens with two attached hydrogens (primary N) is 1. The van der Waals surface area contributed by atoms with Gasteiger partial charge in [0.1, 0.15) is 13.2 Å². The molecule has 0 radical (unpaired) electrons. The Kier molecular flexibility index (Phi) is 29.6. The summed E-state index contributed by atoms with van der Waals surface area (Å²) in [6.07, 6.45) is 8.22. The summed E-state index contributed by atoms with van der Waals surface area (Å²) in [4.78, 5) is 98.3. The molecule has 3 aliphatic rings. The van der Waals surface area contributed by atoms with E-state index in [1.807, 2.05) is 49.3 Å². The van der Waals surface area contributed by atoms with Gasteiger partial charge in [-0.3, -0.25) is 29.8 Å². The smallest absolute Gasteiger partial charge is 0.411 e. The van der Waals surface area contributed by atoms with Crippen LogP contribution in [0, 0.1) is 11.8 Å². The minimum atomic E-state index is -2.21. The number of amides is 7. The number of benzene rings is 3. The number of hydrogen-bond donors (Lipinski definition) is 5. The second-order valence-electron chi connectivity index (χ2n) is 27.1. The standard InChI is InChI=1S/C71H105N7O14S2Si/c1-15-33-93-94-71(28-18-19-29-71)45-91-69(85)76-58-40-63(60(86-11)37-54(58)65(81)77-41-47(5)34-52(77)16-2)89-32-21-17-20-31-88-62-39-57(55(38-61(62)87-12)66(82)78-42-48(6)35-53(78)44-92-95(13,14)70(8,9)10)75-68(84)90-43-51-26-24-50(25-27-51)36-59(79)56(23-22-30-73-67(72)83)74-64(80)49(7)46(3)4/h24-27,37-40,46,49,52-53,56H,5-6,15-23,28-36,41-45H2,1-4,7-14H3,(H,74,80)(H,75,84)(H,76,85)(H3,72,73,83)/t49-,52+,53-,56-/m0/s1.